The summed E-state index contributed by atoms with van der Waals surface area (Å²) in [7, 11) is 0. The number of hydrogen-bond acceptors (Lipinski definition) is 5. The van der Waals surface area contributed by atoms with Gasteiger partial charge in [0.2, 0.25) is 0 Å². The topological polar surface area (TPSA) is 42.4 Å². The summed E-state index contributed by atoms with van der Waals surface area (Å²) in [4.78, 5) is 19.6. The maximum absolute atomic E-state index is 12.1. The van der Waals surface area contributed by atoms with Gasteiger partial charge < -0.3 is 4.74 Å². The maximum atomic E-state index is 12.1. The quantitative estimate of drug-likeness (QED) is 0.790. The van der Waals surface area contributed by atoms with Gasteiger partial charge in [-0.2, -0.15) is 0 Å². The maximum Gasteiger partial charge on any atom is 0.323 e. The van der Waals surface area contributed by atoms with Crippen molar-refractivity contribution in [3.05, 3.63) is 16.6 Å². The molecular weight excluding hydrogens is 248 g/mol. The number of nitrogens with zero attached hydrogens (tertiary/aromatic N) is 2. The first-order valence-electron chi connectivity index (χ1n) is 6.30. The van der Waals surface area contributed by atoms with Crippen LogP contribution in [0.3, 0.4) is 0 Å². The van der Waals surface area contributed by atoms with E-state index in [9.17, 15) is 4.79 Å². The van der Waals surface area contributed by atoms with Crippen LogP contribution in [0.25, 0.3) is 0 Å². The number of ether oxygens (including phenoxy) is 1. The molecule has 1 aliphatic rings. The highest BCUT2D eigenvalue weighted by Crippen LogP contribution is 2.23. The standard InChI is InChI=1S/C13H20N2O2S/c1-13(2,3)17-12(16)11-5-4-6-15(11)8-10-7-14-9-18-10/h7,9,11H,4-6,8H2,1-3H3/t11-/m0/s1. The molecule has 0 N–H and O–H groups in total. The Labute approximate surface area is 112 Å². The monoisotopic (exact) mass is 268 g/mol. The second-order valence-electron chi connectivity index (χ2n) is 5.63. The lowest BCUT2D eigenvalue weighted by Gasteiger charge is -2.26. The van der Waals surface area contributed by atoms with Crippen LogP contribution >= 0.6 is 11.3 Å². The molecule has 1 saturated heterocycles. The van der Waals surface area contributed by atoms with E-state index in [0.29, 0.717) is 0 Å². The van der Waals surface area contributed by atoms with Crippen molar-refractivity contribution < 1.29 is 9.53 Å². The third-order valence-corrected chi connectivity index (χ3v) is 3.65. The second-order valence-corrected chi connectivity index (χ2v) is 6.60. The average Bonchev–Trinajstić information content (AvgIpc) is 2.86. The van der Waals surface area contributed by atoms with E-state index in [-0.39, 0.29) is 12.0 Å². The van der Waals surface area contributed by atoms with E-state index < -0.39 is 5.60 Å². The fraction of sp³-hybridized carbons (Fsp3) is 0.692. The molecular formula is C13H20N2O2S. The van der Waals surface area contributed by atoms with E-state index in [1.54, 1.807) is 11.3 Å². The molecule has 1 aliphatic heterocycles. The zero-order chi connectivity index (χ0) is 13.2. The van der Waals surface area contributed by atoms with Gasteiger partial charge in [-0.25, -0.2) is 0 Å². The Kier molecular flexibility index (Phi) is 4.02. The van der Waals surface area contributed by atoms with Crippen molar-refractivity contribution in [1.29, 1.82) is 0 Å². The normalized spacial score (nSPS) is 21.2. The summed E-state index contributed by atoms with van der Waals surface area (Å²) in [5.74, 6) is -0.0930. The summed E-state index contributed by atoms with van der Waals surface area (Å²) in [5.41, 5.74) is 1.42. The molecule has 1 fully saturated rings. The van der Waals surface area contributed by atoms with Gasteiger partial charge in [0.05, 0.1) is 5.51 Å². The van der Waals surface area contributed by atoms with E-state index in [1.807, 2.05) is 32.5 Å². The van der Waals surface area contributed by atoms with Crippen molar-refractivity contribution in [2.75, 3.05) is 6.54 Å². The van der Waals surface area contributed by atoms with Gasteiger partial charge in [-0.15, -0.1) is 11.3 Å². The van der Waals surface area contributed by atoms with Gasteiger partial charge >= 0.3 is 5.97 Å². The molecule has 0 radical (unpaired) electrons. The molecule has 0 amide bonds. The Balaban J connectivity index is 1.97. The molecule has 0 bridgehead atoms. The van der Waals surface area contributed by atoms with Crippen LogP contribution in [-0.2, 0) is 16.1 Å². The average molecular weight is 268 g/mol. The van der Waals surface area contributed by atoms with E-state index in [2.05, 4.69) is 9.88 Å². The largest absolute Gasteiger partial charge is 0.459 e. The number of carbonyl (C=O) groups excluding carboxylic acids is 1. The molecule has 1 atom stereocenters. The molecule has 0 aromatic carbocycles. The van der Waals surface area contributed by atoms with Gasteiger partial charge in [-0.1, -0.05) is 0 Å². The number of rotatable bonds is 3. The Morgan fingerprint density at radius 1 is 1.61 bits per heavy atom. The minimum atomic E-state index is -0.407. The third-order valence-electron chi connectivity index (χ3n) is 2.88. The first-order chi connectivity index (χ1) is 8.46. The van der Waals surface area contributed by atoms with Crippen molar-refractivity contribution in [1.82, 2.24) is 9.88 Å². The number of aromatic nitrogens is 1. The Hall–Kier alpha value is -0.940. The zero-order valence-electron chi connectivity index (χ0n) is 11.2. The Bertz CT molecular complexity index is 398. The number of carbonyl (C=O) groups is 1. The van der Waals surface area contributed by atoms with Crippen LogP contribution in [0.2, 0.25) is 0 Å². The fourth-order valence-corrected chi connectivity index (χ4v) is 2.79. The minimum absolute atomic E-state index is 0.0914. The molecule has 0 saturated carbocycles. The van der Waals surface area contributed by atoms with Crippen molar-refractivity contribution in [2.24, 2.45) is 0 Å². The van der Waals surface area contributed by atoms with Crippen molar-refractivity contribution in [2.45, 2.75) is 51.8 Å². The highest BCUT2D eigenvalue weighted by molar-refractivity contribution is 7.09. The van der Waals surface area contributed by atoms with E-state index in [0.717, 1.165) is 25.9 Å². The van der Waals surface area contributed by atoms with Gasteiger partial charge in [0.1, 0.15) is 11.6 Å². The number of likely N-dealkylation sites (tertiary alicyclic amines) is 1. The summed E-state index contributed by atoms with van der Waals surface area (Å²) in [6.45, 7) is 7.49. The zero-order valence-corrected chi connectivity index (χ0v) is 12.0. The predicted octanol–water partition coefficient (Wildman–Crippen LogP) is 2.45. The van der Waals surface area contributed by atoms with Gasteiger partial charge in [-0.05, 0) is 40.2 Å². The molecule has 2 rings (SSSR count). The van der Waals surface area contributed by atoms with E-state index in [1.165, 1.54) is 4.88 Å². The molecule has 0 unspecified atom stereocenters. The number of hydrogen-bond donors (Lipinski definition) is 0. The van der Waals surface area contributed by atoms with E-state index >= 15 is 0 Å². The van der Waals surface area contributed by atoms with Crippen LogP contribution in [0.15, 0.2) is 11.7 Å². The van der Waals surface area contributed by atoms with Crippen molar-refractivity contribution >= 4 is 17.3 Å². The van der Waals surface area contributed by atoms with Gasteiger partial charge in [0.15, 0.2) is 0 Å². The SMILES string of the molecule is CC(C)(C)OC(=O)[C@@H]1CCCN1Cc1cncs1. The molecule has 1 aromatic rings. The first-order valence-corrected chi connectivity index (χ1v) is 7.18. The van der Waals surface area contributed by atoms with Crippen LogP contribution in [0, 0.1) is 0 Å². The Morgan fingerprint density at radius 2 is 2.39 bits per heavy atom. The van der Waals surface area contributed by atoms with Crippen LogP contribution < -0.4 is 0 Å². The lowest BCUT2D eigenvalue weighted by Crippen LogP contribution is -2.39. The number of thiazole rings is 1. The molecule has 100 valence electrons. The highest BCUT2D eigenvalue weighted by Gasteiger charge is 2.34. The van der Waals surface area contributed by atoms with Crippen LogP contribution in [0.4, 0.5) is 0 Å². The predicted molar refractivity (Wildman–Crippen MR) is 71.4 cm³/mol. The van der Waals surface area contributed by atoms with Crippen LogP contribution in [-0.4, -0.2) is 34.0 Å². The van der Waals surface area contributed by atoms with Gasteiger partial charge in [0, 0.05) is 17.6 Å². The molecule has 18 heavy (non-hydrogen) atoms. The molecule has 1 aromatic heterocycles. The third kappa shape index (κ3) is 3.53. The fourth-order valence-electron chi connectivity index (χ4n) is 2.17. The molecule has 2 heterocycles. The first kappa shape index (κ1) is 13.5. The minimum Gasteiger partial charge on any atom is -0.459 e. The van der Waals surface area contributed by atoms with Gasteiger partial charge in [0.25, 0.3) is 0 Å². The summed E-state index contributed by atoms with van der Waals surface area (Å²) in [6, 6.07) is -0.0914. The summed E-state index contributed by atoms with van der Waals surface area (Å²) < 4.78 is 5.48. The lowest BCUT2D eigenvalue weighted by atomic mass is 10.1. The highest BCUT2D eigenvalue weighted by atomic mass is 32.1. The summed E-state index contributed by atoms with van der Waals surface area (Å²) >= 11 is 1.63. The lowest BCUT2D eigenvalue weighted by molar-refractivity contribution is -0.160. The number of esters is 1. The molecule has 0 spiro atoms. The van der Waals surface area contributed by atoms with Crippen LogP contribution in [0.5, 0.6) is 0 Å². The summed E-state index contributed by atoms with van der Waals surface area (Å²) in [5, 5.41) is 0. The van der Waals surface area contributed by atoms with Gasteiger partial charge in [-0.3, -0.25) is 14.7 Å². The molecule has 0 aliphatic carbocycles. The molecule has 5 heteroatoms. The second kappa shape index (κ2) is 5.36. The Morgan fingerprint density at radius 3 is 3.00 bits per heavy atom. The van der Waals surface area contributed by atoms with Crippen LogP contribution in [0.1, 0.15) is 38.5 Å². The summed E-state index contributed by atoms with van der Waals surface area (Å²) in [6.07, 6.45) is 3.82. The van der Waals surface area contributed by atoms with Crippen molar-refractivity contribution in [3.8, 4) is 0 Å². The van der Waals surface area contributed by atoms with Crippen molar-refractivity contribution in [3.63, 3.8) is 0 Å². The molecule has 4 nitrogen and oxygen atoms in total. The van der Waals surface area contributed by atoms with E-state index in [4.69, 9.17) is 4.74 Å². The smallest absolute Gasteiger partial charge is 0.323 e.